The van der Waals surface area contributed by atoms with Gasteiger partial charge in [0.05, 0.1) is 17.0 Å². The van der Waals surface area contributed by atoms with E-state index in [-0.39, 0.29) is 4.90 Å². The van der Waals surface area contributed by atoms with Gasteiger partial charge in [-0.2, -0.15) is 0 Å². The molecule has 0 saturated carbocycles. The summed E-state index contributed by atoms with van der Waals surface area (Å²) in [6.45, 7) is 2.05. The standard InChI is InChI=1S/C20H20ClNO4S/c1-3-6-14-12-16(15-7-4-5-8-19(15)27(22,23)24)20(26-14)13-9-10-18(25-2)17(21)11-13/h4-5,7-12H,3,6H2,1-2H3,(H2,22,23,24). The molecule has 3 aromatic rings. The Morgan fingerprint density at radius 1 is 1.11 bits per heavy atom. The summed E-state index contributed by atoms with van der Waals surface area (Å²) in [6.07, 6.45) is 1.63. The van der Waals surface area contributed by atoms with Gasteiger partial charge in [-0.15, -0.1) is 0 Å². The van der Waals surface area contributed by atoms with Crippen molar-refractivity contribution in [3.05, 3.63) is 59.3 Å². The molecule has 0 saturated heterocycles. The third-order valence-corrected chi connectivity index (χ3v) is 5.44. The van der Waals surface area contributed by atoms with Gasteiger partial charge in [-0.05, 0) is 36.8 Å². The van der Waals surface area contributed by atoms with Crippen LogP contribution in [-0.4, -0.2) is 15.5 Å². The molecule has 0 aliphatic heterocycles. The van der Waals surface area contributed by atoms with Gasteiger partial charge in [0.2, 0.25) is 10.0 Å². The molecule has 1 heterocycles. The normalized spacial score (nSPS) is 11.6. The van der Waals surface area contributed by atoms with Gasteiger partial charge >= 0.3 is 0 Å². The molecule has 0 aliphatic carbocycles. The predicted octanol–water partition coefficient (Wildman–Crippen LogP) is 4.88. The van der Waals surface area contributed by atoms with Crippen molar-refractivity contribution in [1.82, 2.24) is 0 Å². The van der Waals surface area contributed by atoms with Crippen molar-refractivity contribution in [3.8, 4) is 28.2 Å². The molecule has 0 amide bonds. The van der Waals surface area contributed by atoms with E-state index in [0.717, 1.165) is 24.2 Å². The first-order valence-electron chi connectivity index (χ1n) is 8.44. The van der Waals surface area contributed by atoms with Crippen LogP contribution in [0.15, 0.2) is 57.8 Å². The number of ether oxygens (including phenoxy) is 1. The Labute approximate surface area is 163 Å². The number of rotatable bonds is 6. The van der Waals surface area contributed by atoms with Gasteiger partial charge in [0.25, 0.3) is 0 Å². The summed E-state index contributed by atoms with van der Waals surface area (Å²) in [4.78, 5) is 0.0507. The van der Waals surface area contributed by atoms with E-state index in [1.807, 2.05) is 19.1 Å². The Balaban J connectivity index is 2.25. The number of sulfonamides is 1. The lowest BCUT2D eigenvalue weighted by molar-refractivity contribution is 0.415. The maximum atomic E-state index is 12.1. The minimum atomic E-state index is -3.89. The van der Waals surface area contributed by atoms with Crippen molar-refractivity contribution in [2.24, 2.45) is 5.14 Å². The van der Waals surface area contributed by atoms with Crippen LogP contribution in [0.5, 0.6) is 5.75 Å². The highest BCUT2D eigenvalue weighted by Crippen LogP contribution is 2.40. The van der Waals surface area contributed by atoms with E-state index in [1.165, 1.54) is 6.07 Å². The first-order valence-corrected chi connectivity index (χ1v) is 10.4. The zero-order valence-electron chi connectivity index (χ0n) is 15.0. The zero-order chi connectivity index (χ0) is 19.6. The lowest BCUT2D eigenvalue weighted by Crippen LogP contribution is -2.13. The van der Waals surface area contributed by atoms with E-state index < -0.39 is 10.0 Å². The maximum Gasteiger partial charge on any atom is 0.238 e. The second kappa shape index (κ2) is 7.76. The van der Waals surface area contributed by atoms with Gasteiger partial charge < -0.3 is 9.15 Å². The maximum absolute atomic E-state index is 12.1. The monoisotopic (exact) mass is 405 g/mol. The van der Waals surface area contributed by atoms with Crippen LogP contribution in [0, 0.1) is 0 Å². The lowest BCUT2D eigenvalue weighted by Gasteiger charge is -2.09. The molecule has 0 bridgehead atoms. The van der Waals surface area contributed by atoms with Crippen LogP contribution < -0.4 is 9.88 Å². The zero-order valence-corrected chi connectivity index (χ0v) is 16.6. The molecule has 0 fully saturated rings. The second-order valence-corrected chi connectivity index (χ2v) is 8.03. The molecule has 0 spiro atoms. The molecular weight excluding hydrogens is 386 g/mol. The number of benzene rings is 2. The number of hydrogen-bond acceptors (Lipinski definition) is 4. The molecule has 0 unspecified atom stereocenters. The molecule has 27 heavy (non-hydrogen) atoms. The fourth-order valence-electron chi connectivity index (χ4n) is 2.97. The van der Waals surface area contributed by atoms with Gasteiger partial charge in [0, 0.05) is 23.1 Å². The second-order valence-electron chi connectivity index (χ2n) is 6.10. The Morgan fingerprint density at radius 3 is 2.48 bits per heavy atom. The average molecular weight is 406 g/mol. The highest BCUT2D eigenvalue weighted by atomic mass is 35.5. The minimum absolute atomic E-state index is 0.0507. The Hall–Kier alpha value is -2.28. The minimum Gasteiger partial charge on any atom is -0.495 e. The number of primary sulfonamides is 1. The molecule has 3 rings (SSSR count). The fourth-order valence-corrected chi connectivity index (χ4v) is 3.98. The summed E-state index contributed by atoms with van der Waals surface area (Å²) >= 11 is 6.27. The summed E-state index contributed by atoms with van der Waals surface area (Å²) in [5.74, 6) is 1.85. The van der Waals surface area contributed by atoms with Crippen molar-refractivity contribution in [1.29, 1.82) is 0 Å². The Kier molecular flexibility index (Phi) is 5.60. The molecule has 2 aromatic carbocycles. The van der Waals surface area contributed by atoms with E-state index in [9.17, 15) is 8.42 Å². The van der Waals surface area contributed by atoms with Gasteiger partial charge in [-0.25, -0.2) is 13.6 Å². The van der Waals surface area contributed by atoms with Crippen molar-refractivity contribution in [2.45, 2.75) is 24.7 Å². The molecule has 1 aromatic heterocycles. The van der Waals surface area contributed by atoms with Crippen LogP contribution in [-0.2, 0) is 16.4 Å². The topological polar surface area (TPSA) is 82.5 Å². The molecular formula is C20H20ClNO4S. The Morgan fingerprint density at radius 2 is 1.85 bits per heavy atom. The number of furan rings is 1. The molecule has 7 heteroatoms. The van der Waals surface area contributed by atoms with Crippen LogP contribution in [0.25, 0.3) is 22.5 Å². The Bertz CT molecular complexity index is 1070. The largest absolute Gasteiger partial charge is 0.495 e. The van der Waals surface area contributed by atoms with E-state index in [1.54, 1.807) is 37.4 Å². The van der Waals surface area contributed by atoms with Gasteiger partial charge in [0.1, 0.15) is 17.3 Å². The molecule has 5 nitrogen and oxygen atoms in total. The van der Waals surface area contributed by atoms with Crippen LogP contribution in [0.3, 0.4) is 0 Å². The number of hydrogen-bond donors (Lipinski definition) is 1. The fraction of sp³-hybridized carbons (Fsp3) is 0.200. The predicted molar refractivity (Wildman–Crippen MR) is 107 cm³/mol. The number of nitrogens with two attached hydrogens (primary N) is 1. The highest BCUT2D eigenvalue weighted by Gasteiger charge is 2.21. The third-order valence-electron chi connectivity index (χ3n) is 4.18. The van der Waals surface area contributed by atoms with Gasteiger partial charge in [-0.1, -0.05) is 36.7 Å². The van der Waals surface area contributed by atoms with Gasteiger partial charge in [-0.3, -0.25) is 0 Å². The van der Waals surface area contributed by atoms with Crippen molar-refractivity contribution in [2.75, 3.05) is 7.11 Å². The summed E-state index contributed by atoms with van der Waals surface area (Å²) < 4.78 is 35.4. The first-order chi connectivity index (χ1) is 12.8. The van der Waals surface area contributed by atoms with E-state index in [2.05, 4.69) is 0 Å². The summed E-state index contributed by atoms with van der Waals surface area (Å²) in [6, 6.07) is 13.8. The number of methoxy groups -OCH3 is 1. The van der Waals surface area contributed by atoms with E-state index in [0.29, 0.717) is 27.7 Å². The van der Waals surface area contributed by atoms with Crippen LogP contribution in [0.1, 0.15) is 19.1 Å². The molecule has 0 aliphatic rings. The first kappa shape index (κ1) is 19.5. The number of aryl methyl sites for hydroxylation is 1. The summed E-state index contributed by atoms with van der Waals surface area (Å²) in [5, 5.41) is 5.85. The summed E-state index contributed by atoms with van der Waals surface area (Å²) in [7, 11) is -2.35. The van der Waals surface area contributed by atoms with Crippen LogP contribution in [0.2, 0.25) is 5.02 Å². The molecule has 2 N–H and O–H groups in total. The van der Waals surface area contributed by atoms with E-state index in [4.69, 9.17) is 25.9 Å². The third kappa shape index (κ3) is 4.03. The molecule has 0 atom stereocenters. The molecule has 142 valence electrons. The highest BCUT2D eigenvalue weighted by molar-refractivity contribution is 7.89. The van der Waals surface area contributed by atoms with Gasteiger partial charge in [0.15, 0.2) is 0 Å². The van der Waals surface area contributed by atoms with Crippen LogP contribution >= 0.6 is 11.6 Å². The van der Waals surface area contributed by atoms with Crippen LogP contribution in [0.4, 0.5) is 0 Å². The van der Waals surface area contributed by atoms with Crippen molar-refractivity contribution in [3.63, 3.8) is 0 Å². The van der Waals surface area contributed by atoms with Crippen molar-refractivity contribution >= 4 is 21.6 Å². The number of halogens is 1. The summed E-state index contributed by atoms with van der Waals surface area (Å²) in [5.41, 5.74) is 1.87. The SMILES string of the molecule is CCCc1cc(-c2ccccc2S(N)(=O)=O)c(-c2ccc(OC)c(Cl)c2)o1. The quantitative estimate of drug-likeness (QED) is 0.633. The average Bonchev–Trinajstić information content (AvgIpc) is 3.05. The van der Waals surface area contributed by atoms with Crippen molar-refractivity contribution < 1.29 is 17.6 Å². The smallest absolute Gasteiger partial charge is 0.238 e. The lowest BCUT2D eigenvalue weighted by atomic mass is 10.0. The van der Waals surface area contributed by atoms with E-state index >= 15 is 0 Å². The molecule has 0 radical (unpaired) electrons.